The lowest BCUT2D eigenvalue weighted by Gasteiger charge is -2.16. The number of nitrogens with one attached hydrogen (secondary N) is 1. The number of rotatable bonds is 6. The fraction of sp³-hybridized carbons (Fsp3) is 0.167. The molecule has 3 aromatic carbocycles. The van der Waals surface area contributed by atoms with E-state index < -0.39 is 5.97 Å². The maximum absolute atomic E-state index is 13.0. The lowest BCUT2D eigenvalue weighted by Crippen LogP contribution is -2.35. The van der Waals surface area contributed by atoms with Gasteiger partial charge in [0.05, 0.1) is 12.0 Å². The minimum atomic E-state index is -0.931. The molecule has 31 heavy (non-hydrogen) atoms. The second-order valence-electron chi connectivity index (χ2n) is 7.39. The SMILES string of the molecule is O=C(O)Cc1ccccc1Oc1cc(Br)c(C(=O)NC2Cc3ccccc3C2)c(Br)c1. The van der Waals surface area contributed by atoms with Crippen molar-refractivity contribution in [3.8, 4) is 11.5 Å². The first-order chi connectivity index (χ1) is 14.9. The maximum Gasteiger partial charge on any atom is 0.307 e. The minimum absolute atomic E-state index is 0.0579. The van der Waals surface area contributed by atoms with Crippen LogP contribution >= 0.6 is 31.9 Å². The third kappa shape index (κ3) is 4.99. The van der Waals surface area contributed by atoms with E-state index in [2.05, 4.69) is 49.3 Å². The maximum atomic E-state index is 13.0. The highest BCUT2D eigenvalue weighted by molar-refractivity contribution is 9.11. The van der Waals surface area contributed by atoms with Crippen molar-refractivity contribution in [2.45, 2.75) is 25.3 Å². The normalized spacial score (nSPS) is 13.0. The molecule has 7 heteroatoms. The van der Waals surface area contributed by atoms with E-state index in [-0.39, 0.29) is 18.4 Å². The number of carbonyl (C=O) groups is 2. The Morgan fingerprint density at radius 3 is 2.16 bits per heavy atom. The van der Waals surface area contributed by atoms with Crippen LogP contribution in [0, 0.1) is 0 Å². The summed E-state index contributed by atoms with van der Waals surface area (Å²) in [5.74, 6) is -0.153. The molecule has 0 heterocycles. The molecule has 1 aliphatic rings. The summed E-state index contributed by atoms with van der Waals surface area (Å²) in [7, 11) is 0. The Morgan fingerprint density at radius 2 is 1.55 bits per heavy atom. The molecule has 0 radical (unpaired) electrons. The predicted octanol–water partition coefficient (Wildman–Crippen LogP) is 5.53. The third-order valence-electron chi connectivity index (χ3n) is 5.17. The molecule has 0 fully saturated rings. The number of aliphatic carboxylic acids is 1. The topological polar surface area (TPSA) is 75.6 Å². The van der Waals surface area contributed by atoms with Gasteiger partial charge in [0.1, 0.15) is 11.5 Å². The minimum Gasteiger partial charge on any atom is -0.481 e. The Balaban J connectivity index is 1.50. The van der Waals surface area contributed by atoms with Gasteiger partial charge < -0.3 is 15.2 Å². The number of para-hydroxylation sites is 1. The number of hydrogen-bond acceptors (Lipinski definition) is 3. The van der Waals surface area contributed by atoms with E-state index in [4.69, 9.17) is 9.84 Å². The van der Waals surface area contributed by atoms with Gasteiger partial charge in [-0.2, -0.15) is 0 Å². The quantitative estimate of drug-likeness (QED) is 0.428. The Labute approximate surface area is 196 Å². The highest BCUT2D eigenvalue weighted by Gasteiger charge is 2.25. The summed E-state index contributed by atoms with van der Waals surface area (Å²) in [6.45, 7) is 0. The van der Waals surface area contributed by atoms with E-state index in [9.17, 15) is 9.59 Å². The Bertz CT molecular complexity index is 1110. The van der Waals surface area contributed by atoms with Crippen molar-refractivity contribution in [2.24, 2.45) is 0 Å². The number of carbonyl (C=O) groups excluding carboxylic acids is 1. The van der Waals surface area contributed by atoms with E-state index in [1.807, 2.05) is 12.1 Å². The van der Waals surface area contributed by atoms with E-state index >= 15 is 0 Å². The number of carboxylic acid groups (broad SMARTS) is 1. The average molecular weight is 545 g/mol. The van der Waals surface area contributed by atoms with E-state index in [1.165, 1.54) is 11.1 Å². The van der Waals surface area contributed by atoms with Gasteiger partial charge in [0.2, 0.25) is 0 Å². The van der Waals surface area contributed by atoms with Crippen LogP contribution in [0.2, 0.25) is 0 Å². The fourth-order valence-corrected chi connectivity index (χ4v) is 5.29. The molecule has 0 unspecified atom stereocenters. The standard InChI is InChI=1S/C24H19Br2NO4/c25-19-12-18(31-21-8-4-3-7-16(21)11-22(28)29)13-20(26)23(19)24(30)27-17-9-14-5-1-2-6-15(14)10-17/h1-8,12-13,17H,9-11H2,(H,27,30)(H,28,29). The molecular weight excluding hydrogens is 526 g/mol. The van der Waals surface area contributed by atoms with Gasteiger partial charge in [-0.1, -0.05) is 42.5 Å². The Morgan fingerprint density at radius 1 is 0.968 bits per heavy atom. The van der Waals surface area contributed by atoms with Crippen molar-refractivity contribution in [1.29, 1.82) is 0 Å². The summed E-state index contributed by atoms with van der Waals surface area (Å²) in [6.07, 6.45) is 1.50. The second kappa shape index (κ2) is 9.24. The second-order valence-corrected chi connectivity index (χ2v) is 9.10. The van der Waals surface area contributed by atoms with Crippen LogP contribution in [-0.4, -0.2) is 23.0 Å². The number of ether oxygens (including phenoxy) is 1. The summed E-state index contributed by atoms with van der Waals surface area (Å²) in [5, 5.41) is 12.2. The van der Waals surface area contributed by atoms with Crippen LogP contribution in [0.25, 0.3) is 0 Å². The van der Waals surface area contributed by atoms with Gasteiger partial charge >= 0.3 is 5.97 Å². The summed E-state index contributed by atoms with van der Waals surface area (Å²) in [6, 6.07) is 18.7. The van der Waals surface area contributed by atoms with Gasteiger partial charge in [-0.05, 0) is 74.0 Å². The van der Waals surface area contributed by atoms with Crippen LogP contribution in [0.1, 0.15) is 27.0 Å². The molecule has 3 aromatic rings. The van der Waals surface area contributed by atoms with Gasteiger partial charge in [-0.15, -0.1) is 0 Å². The molecule has 0 atom stereocenters. The highest BCUT2D eigenvalue weighted by Crippen LogP contribution is 2.34. The van der Waals surface area contributed by atoms with Crippen molar-refractivity contribution in [1.82, 2.24) is 5.32 Å². The number of fused-ring (bicyclic) bond motifs is 1. The van der Waals surface area contributed by atoms with Crippen LogP contribution in [-0.2, 0) is 24.1 Å². The molecule has 0 saturated carbocycles. The molecule has 0 aliphatic heterocycles. The predicted molar refractivity (Wildman–Crippen MR) is 125 cm³/mol. The summed E-state index contributed by atoms with van der Waals surface area (Å²) in [4.78, 5) is 24.1. The zero-order chi connectivity index (χ0) is 22.0. The van der Waals surface area contributed by atoms with Crippen molar-refractivity contribution in [3.63, 3.8) is 0 Å². The summed E-state index contributed by atoms with van der Waals surface area (Å²) in [5.41, 5.74) is 3.61. The van der Waals surface area contributed by atoms with Gasteiger partial charge in [0.25, 0.3) is 5.91 Å². The lowest BCUT2D eigenvalue weighted by molar-refractivity contribution is -0.136. The molecule has 1 aliphatic carbocycles. The zero-order valence-electron chi connectivity index (χ0n) is 16.4. The number of halogens is 2. The van der Waals surface area contributed by atoms with E-state index in [1.54, 1.807) is 36.4 Å². The Hall–Kier alpha value is -2.64. The number of hydrogen-bond donors (Lipinski definition) is 2. The number of carboxylic acids is 1. The zero-order valence-corrected chi connectivity index (χ0v) is 19.6. The van der Waals surface area contributed by atoms with Crippen molar-refractivity contribution in [3.05, 3.63) is 91.9 Å². The fourth-order valence-electron chi connectivity index (χ4n) is 3.78. The van der Waals surface area contributed by atoms with Crippen LogP contribution < -0.4 is 10.1 Å². The molecule has 0 spiro atoms. The van der Waals surface area contributed by atoms with E-state index in [0.29, 0.717) is 31.6 Å². The molecular formula is C24H19Br2NO4. The summed E-state index contributed by atoms with van der Waals surface area (Å²) < 4.78 is 7.10. The number of benzene rings is 3. The third-order valence-corrected chi connectivity index (χ3v) is 6.42. The first-order valence-electron chi connectivity index (χ1n) is 9.75. The molecule has 0 aromatic heterocycles. The first-order valence-corrected chi connectivity index (χ1v) is 11.3. The monoisotopic (exact) mass is 543 g/mol. The lowest BCUT2D eigenvalue weighted by atomic mass is 10.1. The van der Waals surface area contributed by atoms with Crippen LogP contribution in [0.3, 0.4) is 0 Å². The van der Waals surface area contributed by atoms with E-state index in [0.717, 1.165) is 12.8 Å². The first kappa shape index (κ1) is 21.6. The molecule has 4 rings (SSSR count). The molecule has 0 bridgehead atoms. The Kier molecular flexibility index (Phi) is 6.43. The summed E-state index contributed by atoms with van der Waals surface area (Å²) >= 11 is 6.97. The molecule has 5 nitrogen and oxygen atoms in total. The largest absolute Gasteiger partial charge is 0.481 e. The average Bonchev–Trinajstić information content (AvgIpc) is 3.10. The highest BCUT2D eigenvalue weighted by atomic mass is 79.9. The van der Waals surface area contributed by atoms with Crippen LogP contribution in [0.4, 0.5) is 0 Å². The van der Waals surface area contributed by atoms with Crippen LogP contribution in [0.15, 0.2) is 69.6 Å². The van der Waals surface area contributed by atoms with Crippen molar-refractivity contribution in [2.75, 3.05) is 0 Å². The molecule has 1 amide bonds. The van der Waals surface area contributed by atoms with Gasteiger partial charge in [0.15, 0.2) is 0 Å². The van der Waals surface area contributed by atoms with Gasteiger partial charge in [0, 0.05) is 20.6 Å². The molecule has 2 N–H and O–H groups in total. The molecule has 158 valence electrons. The number of amides is 1. The van der Waals surface area contributed by atoms with Gasteiger partial charge in [-0.25, -0.2) is 0 Å². The van der Waals surface area contributed by atoms with Crippen molar-refractivity contribution >= 4 is 43.7 Å². The molecule has 0 saturated heterocycles. The van der Waals surface area contributed by atoms with Crippen molar-refractivity contribution < 1.29 is 19.4 Å². The van der Waals surface area contributed by atoms with Gasteiger partial charge in [-0.3, -0.25) is 9.59 Å². The smallest absolute Gasteiger partial charge is 0.307 e. The van der Waals surface area contributed by atoms with Crippen LogP contribution in [0.5, 0.6) is 11.5 Å².